The van der Waals surface area contributed by atoms with Gasteiger partial charge < -0.3 is 15.4 Å². The summed E-state index contributed by atoms with van der Waals surface area (Å²) in [4.78, 5) is 37.0. The lowest BCUT2D eigenvalue weighted by Gasteiger charge is -2.21. The summed E-state index contributed by atoms with van der Waals surface area (Å²) >= 11 is 0. The van der Waals surface area contributed by atoms with Crippen LogP contribution in [0.5, 0.6) is 0 Å². The fraction of sp³-hybridized carbons (Fsp3) is 0.417. The summed E-state index contributed by atoms with van der Waals surface area (Å²) in [6.07, 6.45) is 0. The van der Waals surface area contributed by atoms with Crippen LogP contribution in [0.1, 0.15) is 35.5 Å². The highest BCUT2D eigenvalue weighted by Crippen LogP contribution is 2.07. The molecule has 0 unspecified atom stereocenters. The Kier molecular flexibility index (Phi) is 3.59. The molecule has 0 radical (unpaired) electrons. The van der Waals surface area contributed by atoms with Crippen LogP contribution in [-0.4, -0.2) is 27.5 Å². The molecule has 1 rings (SSSR count). The maximum Gasteiger partial charge on any atom is 0.328 e. The Morgan fingerprint density at radius 1 is 1.33 bits per heavy atom. The fourth-order valence-corrected chi connectivity index (χ4v) is 1.54. The van der Waals surface area contributed by atoms with Crippen LogP contribution in [-0.2, 0) is 4.79 Å². The first kappa shape index (κ1) is 14.0. The molecular weight excluding hydrogens is 236 g/mol. The third-order valence-corrected chi connectivity index (χ3v) is 2.55. The lowest BCUT2D eigenvalue weighted by atomic mass is 10.0. The van der Waals surface area contributed by atoms with Crippen LogP contribution in [0.25, 0.3) is 0 Å². The molecule has 0 aliphatic rings. The lowest BCUT2D eigenvalue weighted by Crippen LogP contribution is -2.50. The van der Waals surface area contributed by atoms with E-state index in [1.165, 1.54) is 13.8 Å². The molecule has 0 saturated heterocycles. The number of H-pyrrole nitrogens is 1. The zero-order chi connectivity index (χ0) is 14.1. The van der Waals surface area contributed by atoms with Gasteiger partial charge in [-0.05, 0) is 39.3 Å². The summed E-state index contributed by atoms with van der Waals surface area (Å²) in [7, 11) is 0. The molecule has 0 aliphatic heterocycles. The summed E-state index contributed by atoms with van der Waals surface area (Å²) in [5.74, 6) is -1.86. The van der Waals surface area contributed by atoms with Crippen molar-refractivity contribution in [2.45, 2.75) is 33.2 Å². The number of rotatable bonds is 3. The number of hydrogen-bond donors (Lipinski definition) is 3. The molecule has 0 atom stereocenters. The van der Waals surface area contributed by atoms with Gasteiger partial charge >= 0.3 is 5.97 Å². The molecule has 0 fully saturated rings. The zero-order valence-electron chi connectivity index (χ0n) is 10.7. The minimum absolute atomic E-state index is 0.0603. The third-order valence-electron chi connectivity index (χ3n) is 2.55. The maximum absolute atomic E-state index is 11.9. The van der Waals surface area contributed by atoms with Crippen molar-refractivity contribution in [2.24, 2.45) is 0 Å². The van der Waals surface area contributed by atoms with E-state index in [1.54, 1.807) is 19.9 Å². The molecule has 1 amide bonds. The Labute approximate surface area is 104 Å². The Hall–Kier alpha value is -2.11. The molecule has 0 aromatic carbocycles. The molecule has 1 aromatic rings. The normalized spacial score (nSPS) is 11.1. The smallest absolute Gasteiger partial charge is 0.328 e. The summed E-state index contributed by atoms with van der Waals surface area (Å²) in [6, 6.07) is 1.66. The molecular formula is C12H16N2O4. The number of aryl methyl sites for hydroxylation is 2. The molecule has 6 nitrogen and oxygen atoms in total. The van der Waals surface area contributed by atoms with E-state index in [2.05, 4.69) is 10.3 Å². The quantitative estimate of drug-likeness (QED) is 0.732. The number of nitrogens with one attached hydrogen (secondary N) is 2. The first-order chi connectivity index (χ1) is 8.15. The topological polar surface area (TPSA) is 99.3 Å². The number of hydrogen-bond acceptors (Lipinski definition) is 3. The van der Waals surface area contributed by atoms with Crippen molar-refractivity contribution in [1.82, 2.24) is 10.3 Å². The Morgan fingerprint density at radius 3 is 2.33 bits per heavy atom. The first-order valence-electron chi connectivity index (χ1n) is 5.41. The third kappa shape index (κ3) is 2.77. The van der Waals surface area contributed by atoms with Gasteiger partial charge in [-0.15, -0.1) is 0 Å². The van der Waals surface area contributed by atoms with Crippen LogP contribution in [0.2, 0.25) is 0 Å². The average molecular weight is 252 g/mol. The first-order valence-corrected chi connectivity index (χ1v) is 5.41. The fourth-order valence-electron chi connectivity index (χ4n) is 1.54. The van der Waals surface area contributed by atoms with Crippen molar-refractivity contribution in [3.05, 3.63) is 33.2 Å². The second-order valence-corrected chi connectivity index (χ2v) is 4.72. The van der Waals surface area contributed by atoms with Gasteiger partial charge in [0.05, 0.1) is 0 Å². The van der Waals surface area contributed by atoms with Gasteiger partial charge in [-0.1, -0.05) is 0 Å². The van der Waals surface area contributed by atoms with E-state index in [4.69, 9.17) is 5.11 Å². The Balaban J connectivity index is 3.14. The molecule has 3 N–H and O–H groups in total. The van der Waals surface area contributed by atoms with Crippen molar-refractivity contribution in [3.8, 4) is 0 Å². The van der Waals surface area contributed by atoms with Gasteiger partial charge in [-0.2, -0.15) is 0 Å². The second kappa shape index (κ2) is 4.64. The maximum atomic E-state index is 11.9. The number of carboxylic acid groups (broad SMARTS) is 1. The Morgan fingerprint density at radius 2 is 1.89 bits per heavy atom. The van der Waals surface area contributed by atoms with Crippen molar-refractivity contribution < 1.29 is 14.7 Å². The highest BCUT2D eigenvalue weighted by Gasteiger charge is 2.30. The second-order valence-electron chi connectivity index (χ2n) is 4.72. The number of carbonyl (C=O) groups excluding carboxylic acids is 1. The van der Waals surface area contributed by atoms with Crippen molar-refractivity contribution in [3.63, 3.8) is 0 Å². The van der Waals surface area contributed by atoms with E-state index in [0.717, 1.165) is 0 Å². The van der Waals surface area contributed by atoms with E-state index in [-0.39, 0.29) is 5.56 Å². The van der Waals surface area contributed by atoms with Crippen LogP contribution in [0, 0.1) is 13.8 Å². The zero-order valence-corrected chi connectivity index (χ0v) is 10.7. The predicted molar refractivity (Wildman–Crippen MR) is 65.7 cm³/mol. The van der Waals surface area contributed by atoms with E-state index >= 15 is 0 Å². The monoisotopic (exact) mass is 252 g/mol. The molecule has 18 heavy (non-hydrogen) atoms. The molecule has 98 valence electrons. The largest absolute Gasteiger partial charge is 0.480 e. The van der Waals surface area contributed by atoms with Crippen molar-refractivity contribution >= 4 is 11.9 Å². The number of pyridine rings is 1. The van der Waals surface area contributed by atoms with Crippen molar-refractivity contribution in [1.29, 1.82) is 0 Å². The molecule has 0 aliphatic carbocycles. The summed E-state index contributed by atoms with van der Waals surface area (Å²) in [6.45, 7) is 6.04. The van der Waals surface area contributed by atoms with E-state index < -0.39 is 23.0 Å². The van der Waals surface area contributed by atoms with Crippen LogP contribution in [0.15, 0.2) is 10.9 Å². The Bertz CT molecular complexity index is 558. The van der Waals surface area contributed by atoms with Crippen LogP contribution in [0.3, 0.4) is 0 Å². The molecule has 1 heterocycles. The van der Waals surface area contributed by atoms with Gasteiger partial charge in [0.2, 0.25) is 0 Å². The number of amides is 1. The number of carboxylic acids is 1. The minimum Gasteiger partial charge on any atom is -0.480 e. The van der Waals surface area contributed by atoms with Gasteiger partial charge in [-0.25, -0.2) is 4.79 Å². The van der Waals surface area contributed by atoms with Crippen molar-refractivity contribution in [2.75, 3.05) is 0 Å². The molecule has 6 heteroatoms. The van der Waals surface area contributed by atoms with Crippen LogP contribution >= 0.6 is 0 Å². The minimum atomic E-state index is -1.43. The standard InChI is InChI=1S/C12H16N2O4/c1-6-5-7(2)13-9(15)8(6)10(16)14-12(3,4)11(17)18/h5H,1-4H3,(H,13,15)(H,14,16)(H,17,18). The van der Waals surface area contributed by atoms with Crippen LogP contribution in [0.4, 0.5) is 0 Å². The SMILES string of the molecule is Cc1cc(C)c(C(=O)NC(C)(C)C(=O)O)c(=O)[nH]1. The van der Waals surface area contributed by atoms with Gasteiger partial charge in [-0.3, -0.25) is 9.59 Å². The van der Waals surface area contributed by atoms with Crippen LogP contribution < -0.4 is 10.9 Å². The average Bonchev–Trinajstić information content (AvgIpc) is 2.13. The van der Waals surface area contributed by atoms with E-state index in [1.807, 2.05) is 0 Å². The number of aliphatic carboxylic acids is 1. The van der Waals surface area contributed by atoms with E-state index in [0.29, 0.717) is 11.3 Å². The number of aromatic nitrogens is 1. The lowest BCUT2D eigenvalue weighted by molar-refractivity contribution is -0.143. The number of carbonyl (C=O) groups is 2. The molecule has 0 saturated carbocycles. The predicted octanol–water partition coefficient (Wildman–Crippen LogP) is 0.585. The van der Waals surface area contributed by atoms with E-state index in [9.17, 15) is 14.4 Å². The van der Waals surface area contributed by atoms with Gasteiger partial charge in [0, 0.05) is 5.69 Å². The van der Waals surface area contributed by atoms with Gasteiger partial charge in [0.15, 0.2) is 0 Å². The summed E-state index contributed by atoms with van der Waals surface area (Å²) < 4.78 is 0. The molecule has 0 bridgehead atoms. The number of aromatic amines is 1. The highest BCUT2D eigenvalue weighted by molar-refractivity contribution is 5.98. The molecule has 1 aromatic heterocycles. The summed E-state index contributed by atoms with van der Waals surface area (Å²) in [5, 5.41) is 11.2. The highest BCUT2D eigenvalue weighted by atomic mass is 16.4. The molecule has 0 spiro atoms. The van der Waals surface area contributed by atoms with Gasteiger partial charge in [0.1, 0.15) is 11.1 Å². The summed E-state index contributed by atoms with van der Waals surface area (Å²) in [5.41, 5.74) is -0.858. The van der Waals surface area contributed by atoms with Gasteiger partial charge in [0.25, 0.3) is 11.5 Å².